The van der Waals surface area contributed by atoms with Crippen LogP contribution in [0, 0.1) is 0 Å². The molecule has 0 saturated heterocycles. The highest BCUT2D eigenvalue weighted by atomic mass is 17.2. The van der Waals surface area contributed by atoms with Crippen LogP contribution in [0.5, 0.6) is 0 Å². The number of hydrogen-bond donors (Lipinski definition) is 0. The van der Waals surface area contributed by atoms with Crippen molar-refractivity contribution in [3.63, 3.8) is 0 Å². The summed E-state index contributed by atoms with van der Waals surface area (Å²) in [5, 5.41) is 0. The lowest BCUT2D eigenvalue weighted by molar-refractivity contribution is -0.216. The van der Waals surface area contributed by atoms with E-state index < -0.39 is 5.97 Å². The minimum atomic E-state index is -0.658. The van der Waals surface area contributed by atoms with Gasteiger partial charge in [-0.05, 0) is 6.07 Å². The summed E-state index contributed by atoms with van der Waals surface area (Å²) in [4.78, 5) is 31.5. The molecular formula is C11H12O4. The Hall–Kier alpha value is -1.68. The first kappa shape index (κ1) is 11.4. The lowest BCUT2D eigenvalue weighted by atomic mass is 10.0. The van der Waals surface area contributed by atoms with Gasteiger partial charge in [0.15, 0.2) is 5.78 Å². The van der Waals surface area contributed by atoms with Crippen LogP contribution in [-0.2, 0) is 9.78 Å². The van der Waals surface area contributed by atoms with E-state index in [1.165, 1.54) is 13.2 Å². The van der Waals surface area contributed by atoms with Gasteiger partial charge < -0.3 is 0 Å². The molecule has 4 nitrogen and oxygen atoms in total. The molecule has 0 bridgehead atoms. The molecule has 0 fully saturated rings. The maximum atomic E-state index is 11.5. The minimum Gasteiger partial charge on any atom is -0.294 e. The van der Waals surface area contributed by atoms with Crippen molar-refractivity contribution in [1.82, 2.24) is 0 Å². The molecule has 0 aliphatic heterocycles. The molecule has 0 heterocycles. The van der Waals surface area contributed by atoms with Crippen LogP contribution in [0.2, 0.25) is 0 Å². The number of carbonyl (C=O) groups is 2. The van der Waals surface area contributed by atoms with E-state index in [0.29, 0.717) is 12.0 Å². The summed E-state index contributed by atoms with van der Waals surface area (Å²) in [6.07, 6.45) is 0.345. The van der Waals surface area contributed by atoms with Gasteiger partial charge in [0, 0.05) is 12.0 Å². The third kappa shape index (κ3) is 2.63. The molecular weight excluding hydrogens is 196 g/mol. The molecule has 15 heavy (non-hydrogen) atoms. The predicted molar refractivity (Wildman–Crippen MR) is 53.5 cm³/mol. The molecule has 0 amide bonds. The molecule has 1 aromatic rings. The van der Waals surface area contributed by atoms with E-state index in [2.05, 4.69) is 9.78 Å². The highest BCUT2D eigenvalue weighted by Gasteiger charge is 2.16. The second-order valence-electron chi connectivity index (χ2n) is 2.86. The van der Waals surface area contributed by atoms with Gasteiger partial charge in [-0.2, -0.15) is 4.89 Å². The van der Waals surface area contributed by atoms with Crippen molar-refractivity contribution in [2.75, 3.05) is 7.11 Å². The second-order valence-corrected chi connectivity index (χ2v) is 2.86. The number of ketones is 1. The average Bonchev–Trinajstić information content (AvgIpc) is 2.28. The molecule has 0 atom stereocenters. The largest absolute Gasteiger partial charge is 0.373 e. The van der Waals surface area contributed by atoms with Crippen LogP contribution in [0.3, 0.4) is 0 Å². The van der Waals surface area contributed by atoms with Crippen molar-refractivity contribution in [3.05, 3.63) is 35.4 Å². The standard InChI is InChI=1S/C11H12O4/c1-3-10(12)8-6-4-5-7-9(8)11(13)15-14-2/h4-7H,3H2,1-2H3. The van der Waals surface area contributed by atoms with E-state index in [4.69, 9.17) is 0 Å². The summed E-state index contributed by atoms with van der Waals surface area (Å²) < 4.78 is 0. The van der Waals surface area contributed by atoms with Gasteiger partial charge in [0.25, 0.3) is 0 Å². The van der Waals surface area contributed by atoms with E-state index in [0.717, 1.165) is 0 Å². The molecule has 0 spiro atoms. The summed E-state index contributed by atoms with van der Waals surface area (Å²) >= 11 is 0. The Kier molecular flexibility index (Phi) is 4.00. The fourth-order valence-corrected chi connectivity index (χ4v) is 1.22. The topological polar surface area (TPSA) is 52.6 Å². The fraction of sp³-hybridized carbons (Fsp3) is 0.273. The molecule has 4 heteroatoms. The fourth-order valence-electron chi connectivity index (χ4n) is 1.22. The molecule has 0 radical (unpaired) electrons. The van der Waals surface area contributed by atoms with Gasteiger partial charge in [-0.15, -0.1) is 0 Å². The Morgan fingerprint density at radius 3 is 2.33 bits per heavy atom. The van der Waals surface area contributed by atoms with Crippen molar-refractivity contribution >= 4 is 11.8 Å². The van der Waals surface area contributed by atoms with E-state index in [9.17, 15) is 9.59 Å². The number of benzene rings is 1. The van der Waals surface area contributed by atoms with Gasteiger partial charge in [-0.1, -0.05) is 25.1 Å². The van der Waals surface area contributed by atoms with Gasteiger partial charge in [0.1, 0.15) is 0 Å². The van der Waals surface area contributed by atoms with Crippen LogP contribution in [0.15, 0.2) is 24.3 Å². The maximum Gasteiger partial charge on any atom is 0.373 e. The molecule has 0 saturated carbocycles. The Morgan fingerprint density at radius 1 is 1.20 bits per heavy atom. The van der Waals surface area contributed by atoms with E-state index >= 15 is 0 Å². The van der Waals surface area contributed by atoms with Crippen molar-refractivity contribution in [2.45, 2.75) is 13.3 Å². The van der Waals surface area contributed by atoms with Gasteiger partial charge in [0.2, 0.25) is 0 Å². The lowest BCUT2D eigenvalue weighted by Crippen LogP contribution is -2.10. The van der Waals surface area contributed by atoms with Crippen molar-refractivity contribution in [1.29, 1.82) is 0 Å². The van der Waals surface area contributed by atoms with Crippen LogP contribution < -0.4 is 0 Å². The van der Waals surface area contributed by atoms with Gasteiger partial charge in [-0.3, -0.25) is 9.68 Å². The predicted octanol–water partition coefficient (Wildman–Crippen LogP) is 2.00. The first-order valence-corrected chi connectivity index (χ1v) is 4.58. The quantitative estimate of drug-likeness (QED) is 0.431. The molecule has 80 valence electrons. The number of hydrogen-bond acceptors (Lipinski definition) is 4. The Morgan fingerprint density at radius 2 is 1.80 bits per heavy atom. The number of carbonyl (C=O) groups excluding carboxylic acids is 2. The zero-order valence-electron chi connectivity index (χ0n) is 8.65. The van der Waals surface area contributed by atoms with Gasteiger partial charge >= 0.3 is 5.97 Å². The SMILES string of the molecule is CCC(=O)c1ccccc1C(=O)OOC. The van der Waals surface area contributed by atoms with E-state index in [1.54, 1.807) is 25.1 Å². The number of Topliss-reactive ketones (excluding diaryl/α,β-unsaturated/α-hetero) is 1. The van der Waals surface area contributed by atoms with E-state index in [1.807, 2.05) is 0 Å². The molecule has 1 aromatic carbocycles. The minimum absolute atomic E-state index is 0.0985. The number of rotatable bonds is 4. The zero-order valence-corrected chi connectivity index (χ0v) is 8.65. The highest BCUT2D eigenvalue weighted by molar-refractivity contribution is 6.06. The lowest BCUT2D eigenvalue weighted by Gasteiger charge is -2.05. The molecule has 1 rings (SSSR count). The van der Waals surface area contributed by atoms with Crippen LogP contribution >= 0.6 is 0 Å². The average molecular weight is 208 g/mol. The Labute approximate surface area is 87.7 Å². The molecule has 0 aliphatic carbocycles. The zero-order chi connectivity index (χ0) is 11.3. The van der Waals surface area contributed by atoms with Gasteiger partial charge in [0.05, 0.1) is 12.7 Å². The summed E-state index contributed by atoms with van der Waals surface area (Å²) in [6, 6.07) is 6.49. The molecule has 0 N–H and O–H groups in total. The monoisotopic (exact) mass is 208 g/mol. The highest BCUT2D eigenvalue weighted by Crippen LogP contribution is 2.12. The van der Waals surface area contributed by atoms with Crippen molar-refractivity contribution in [3.8, 4) is 0 Å². The first-order chi connectivity index (χ1) is 7.20. The maximum absolute atomic E-state index is 11.5. The van der Waals surface area contributed by atoms with E-state index in [-0.39, 0.29) is 11.3 Å². The van der Waals surface area contributed by atoms with Crippen molar-refractivity contribution in [2.24, 2.45) is 0 Å². The molecule has 0 unspecified atom stereocenters. The normalized spacial score (nSPS) is 9.73. The second kappa shape index (κ2) is 5.26. The summed E-state index contributed by atoms with van der Waals surface area (Å²) in [5.41, 5.74) is 0.591. The Bertz CT molecular complexity index is 371. The summed E-state index contributed by atoms with van der Waals surface area (Å²) in [5.74, 6) is -0.756. The summed E-state index contributed by atoms with van der Waals surface area (Å²) in [6.45, 7) is 1.74. The third-order valence-electron chi connectivity index (χ3n) is 1.93. The van der Waals surface area contributed by atoms with Crippen LogP contribution in [0.1, 0.15) is 34.1 Å². The third-order valence-corrected chi connectivity index (χ3v) is 1.93. The van der Waals surface area contributed by atoms with Crippen molar-refractivity contribution < 1.29 is 19.4 Å². The van der Waals surface area contributed by atoms with Gasteiger partial charge in [-0.25, -0.2) is 4.79 Å². The smallest absolute Gasteiger partial charge is 0.294 e. The Balaban J connectivity index is 3.06. The van der Waals surface area contributed by atoms with Crippen LogP contribution in [0.4, 0.5) is 0 Å². The van der Waals surface area contributed by atoms with Crippen LogP contribution in [0.25, 0.3) is 0 Å². The summed E-state index contributed by atoms with van der Waals surface area (Å²) in [7, 11) is 1.24. The molecule has 0 aliphatic rings. The van der Waals surface area contributed by atoms with Crippen LogP contribution in [-0.4, -0.2) is 18.9 Å². The molecule has 0 aromatic heterocycles. The first-order valence-electron chi connectivity index (χ1n) is 4.58.